The van der Waals surface area contributed by atoms with E-state index in [1.54, 1.807) is 0 Å². The molecule has 24 heavy (non-hydrogen) atoms. The van der Waals surface area contributed by atoms with Crippen molar-refractivity contribution >= 4 is 11.6 Å². The molecule has 1 heterocycles. The first-order chi connectivity index (χ1) is 11.4. The molecule has 0 saturated carbocycles. The summed E-state index contributed by atoms with van der Waals surface area (Å²) in [5, 5.41) is 0. The maximum absolute atomic E-state index is 13.1. The fourth-order valence-corrected chi connectivity index (χ4v) is 3.73. The van der Waals surface area contributed by atoms with E-state index in [2.05, 4.69) is 18.7 Å². The summed E-state index contributed by atoms with van der Waals surface area (Å²) in [4.78, 5) is 27.9. The van der Waals surface area contributed by atoms with Gasteiger partial charge in [0, 0.05) is 30.8 Å². The van der Waals surface area contributed by atoms with Crippen molar-refractivity contribution in [3.05, 3.63) is 46.9 Å². The molecule has 1 fully saturated rings. The molecule has 2 aliphatic rings. The van der Waals surface area contributed by atoms with Crippen LogP contribution in [0.2, 0.25) is 0 Å². The number of hydrogen-bond acceptors (Lipinski definition) is 3. The molecule has 128 valence electrons. The zero-order valence-corrected chi connectivity index (χ0v) is 14.4. The number of Topliss-reactive ketones (excluding diaryl/α,β-unsaturated/α-hetero) is 2. The Bertz CT molecular complexity index is 682. The Labute approximate surface area is 142 Å². The van der Waals surface area contributed by atoms with E-state index < -0.39 is 0 Å². The van der Waals surface area contributed by atoms with Crippen LogP contribution < -0.4 is 0 Å². The number of hydrogen-bond donors (Lipinski definition) is 0. The van der Waals surface area contributed by atoms with Gasteiger partial charge in [0.2, 0.25) is 0 Å². The summed E-state index contributed by atoms with van der Waals surface area (Å²) in [5.41, 5.74) is 1.47. The third-order valence-electron chi connectivity index (χ3n) is 4.92. The number of halogens is 1. The van der Waals surface area contributed by atoms with Gasteiger partial charge >= 0.3 is 0 Å². The number of ketones is 2. The van der Waals surface area contributed by atoms with Crippen LogP contribution in [0.5, 0.6) is 0 Å². The Morgan fingerprint density at radius 1 is 1.04 bits per heavy atom. The first-order valence-corrected chi connectivity index (χ1v) is 8.69. The number of likely N-dealkylation sites (tertiary alicyclic amines) is 1. The van der Waals surface area contributed by atoms with Gasteiger partial charge in [-0.25, -0.2) is 4.39 Å². The lowest BCUT2D eigenvalue weighted by atomic mass is 9.74. The van der Waals surface area contributed by atoms with Crippen molar-refractivity contribution < 1.29 is 14.0 Å². The highest BCUT2D eigenvalue weighted by Gasteiger charge is 2.38. The van der Waals surface area contributed by atoms with Gasteiger partial charge in [0.25, 0.3) is 0 Å². The van der Waals surface area contributed by atoms with Crippen molar-refractivity contribution in [2.75, 3.05) is 13.1 Å². The van der Waals surface area contributed by atoms with Crippen molar-refractivity contribution in [1.29, 1.82) is 0 Å². The van der Waals surface area contributed by atoms with Crippen molar-refractivity contribution in [3.63, 3.8) is 0 Å². The molecule has 0 bridgehead atoms. The molecule has 0 N–H and O–H groups in total. The molecule has 1 saturated heterocycles. The van der Waals surface area contributed by atoms with E-state index in [1.807, 2.05) is 0 Å². The zero-order chi connectivity index (χ0) is 17.3. The second-order valence-corrected chi connectivity index (χ2v) is 7.65. The van der Waals surface area contributed by atoms with E-state index in [0.29, 0.717) is 17.6 Å². The summed E-state index contributed by atoms with van der Waals surface area (Å²) in [6.45, 7) is 5.96. The zero-order valence-electron chi connectivity index (χ0n) is 14.4. The molecule has 4 heteroatoms. The van der Waals surface area contributed by atoms with E-state index in [-0.39, 0.29) is 22.8 Å². The van der Waals surface area contributed by atoms with Crippen LogP contribution in [-0.4, -0.2) is 29.6 Å². The summed E-state index contributed by atoms with van der Waals surface area (Å²) in [6, 6.07) is 5.47. The number of rotatable bonds is 3. The number of benzene rings is 1. The lowest BCUT2D eigenvalue weighted by molar-refractivity contribution is -0.118. The van der Waals surface area contributed by atoms with Crippen molar-refractivity contribution in [2.45, 2.75) is 46.0 Å². The predicted octanol–water partition coefficient (Wildman–Crippen LogP) is 4.14. The van der Waals surface area contributed by atoms with Gasteiger partial charge in [-0.15, -0.1) is 0 Å². The SMILES string of the molecule is CC1(C)CC(=O)C(C(=O)c2ccc(F)cc2)=C(N2CCCCC2)C1. The van der Waals surface area contributed by atoms with Crippen LogP contribution in [0.15, 0.2) is 35.5 Å². The number of allylic oxidation sites excluding steroid dienone is 2. The van der Waals surface area contributed by atoms with Crippen LogP contribution in [0, 0.1) is 11.2 Å². The highest BCUT2D eigenvalue weighted by molar-refractivity contribution is 6.27. The molecule has 0 unspecified atom stereocenters. The Balaban J connectivity index is 2.03. The minimum Gasteiger partial charge on any atom is -0.374 e. The minimum atomic E-state index is -0.382. The normalized spacial score (nSPS) is 21.1. The molecule has 1 aromatic carbocycles. The van der Waals surface area contributed by atoms with Gasteiger partial charge in [0.15, 0.2) is 11.6 Å². The van der Waals surface area contributed by atoms with Crippen LogP contribution in [0.4, 0.5) is 4.39 Å². The lowest BCUT2D eigenvalue weighted by Gasteiger charge is -2.39. The van der Waals surface area contributed by atoms with Crippen LogP contribution in [0.25, 0.3) is 0 Å². The average molecular weight is 329 g/mol. The predicted molar refractivity (Wildman–Crippen MR) is 91.2 cm³/mol. The fraction of sp³-hybridized carbons (Fsp3) is 0.500. The average Bonchev–Trinajstić information content (AvgIpc) is 2.54. The largest absolute Gasteiger partial charge is 0.374 e. The van der Waals surface area contributed by atoms with Crippen molar-refractivity contribution in [3.8, 4) is 0 Å². The van der Waals surface area contributed by atoms with Gasteiger partial charge in [0.1, 0.15) is 5.82 Å². The number of nitrogens with zero attached hydrogens (tertiary/aromatic N) is 1. The van der Waals surface area contributed by atoms with Gasteiger partial charge in [0.05, 0.1) is 5.57 Å². The Morgan fingerprint density at radius 2 is 1.67 bits per heavy atom. The van der Waals surface area contributed by atoms with Gasteiger partial charge in [-0.05, 0) is 55.4 Å². The van der Waals surface area contributed by atoms with Crippen LogP contribution >= 0.6 is 0 Å². The summed E-state index contributed by atoms with van der Waals surface area (Å²) >= 11 is 0. The summed E-state index contributed by atoms with van der Waals surface area (Å²) < 4.78 is 13.1. The van der Waals surface area contributed by atoms with E-state index in [4.69, 9.17) is 0 Å². The topological polar surface area (TPSA) is 37.4 Å². The second kappa shape index (κ2) is 6.50. The maximum atomic E-state index is 13.1. The highest BCUT2D eigenvalue weighted by atomic mass is 19.1. The fourth-order valence-electron chi connectivity index (χ4n) is 3.73. The van der Waals surface area contributed by atoms with E-state index in [1.165, 1.54) is 30.7 Å². The Hall–Kier alpha value is -1.97. The lowest BCUT2D eigenvalue weighted by Crippen LogP contribution is -2.38. The van der Waals surface area contributed by atoms with Crippen molar-refractivity contribution in [2.24, 2.45) is 5.41 Å². The molecule has 1 aliphatic heterocycles. The molecule has 1 aromatic rings. The number of carbonyl (C=O) groups excluding carboxylic acids is 2. The van der Waals surface area contributed by atoms with Crippen LogP contribution in [0.3, 0.4) is 0 Å². The molecule has 0 atom stereocenters. The molecule has 0 radical (unpaired) electrons. The standard InChI is InChI=1S/C20H24FNO2/c1-20(2)12-16(22-10-4-3-5-11-22)18(17(23)13-20)19(24)14-6-8-15(21)9-7-14/h6-9H,3-5,10-13H2,1-2H3. The van der Waals surface area contributed by atoms with E-state index in [0.717, 1.165) is 38.0 Å². The highest BCUT2D eigenvalue weighted by Crippen LogP contribution is 2.40. The molecular formula is C20H24FNO2. The number of piperidine rings is 1. The number of carbonyl (C=O) groups is 2. The molecule has 1 aliphatic carbocycles. The first kappa shape index (κ1) is 16.9. The maximum Gasteiger partial charge on any atom is 0.198 e. The third kappa shape index (κ3) is 3.42. The molecule has 0 spiro atoms. The molecule has 3 rings (SSSR count). The van der Waals surface area contributed by atoms with E-state index >= 15 is 0 Å². The summed E-state index contributed by atoms with van der Waals surface area (Å²) in [5.74, 6) is -0.731. The van der Waals surface area contributed by atoms with Crippen molar-refractivity contribution in [1.82, 2.24) is 4.90 Å². The van der Waals surface area contributed by atoms with Gasteiger partial charge < -0.3 is 4.90 Å². The third-order valence-corrected chi connectivity index (χ3v) is 4.92. The quantitative estimate of drug-likeness (QED) is 0.618. The smallest absolute Gasteiger partial charge is 0.198 e. The monoisotopic (exact) mass is 329 g/mol. The first-order valence-electron chi connectivity index (χ1n) is 8.69. The Kier molecular flexibility index (Phi) is 4.57. The van der Waals surface area contributed by atoms with Gasteiger partial charge in [-0.2, -0.15) is 0 Å². The molecular weight excluding hydrogens is 305 g/mol. The summed E-state index contributed by atoms with van der Waals surface area (Å²) in [7, 11) is 0. The van der Waals surface area contributed by atoms with Crippen LogP contribution in [0.1, 0.15) is 56.3 Å². The van der Waals surface area contributed by atoms with Gasteiger partial charge in [-0.3, -0.25) is 9.59 Å². The molecule has 0 aromatic heterocycles. The van der Waals surface area contributed by atoms with Gasteiger partial charge in [-0.1, -0.05) is 13.8 Å². The summed E-state index contributed by atoms with van der Waals surface area (Å²) in [6.07, 6.45) is 4.50. The Morgan fingerprint density at radius 3 is 2.29 bits per heavy atom. The molecule has 3 nitrogen and oxygen atoms in total. The second-order valence-electron chi connectivity index (χ2n) is 7.65. The van der Waals surface area contributed by atoms with E-state index in [9.17, 15) is 14.0 Å². The minimum absolute atomic E-state index is 0.0823. The molecule has 0 amide bonds. The van der Waals surface area contributed by atoms with Crippen LogP contribution in [-0.2, 0) is 4.79 Å².